The largest absolute Gasteiger partial charge is 0.478 e. The molecule has 7 heteroatoms. The van der Waals surface area contributed by atoms with E-state index in [9.17, 15) is 14.7 Å². The van der Waals surface area contributed by atoms with Crippen LogP contribution in [0.2, 0.25) is 5.02 Å². The summed E-state index contributed by atoms with van der Waals surface area (Å²) in [4.78, 5) is 30.9. The first kappa shape index (κ1) is 20.2. The third-order valence-corrected chi connectivity index (χ3v) is 5.79. The second-order valence-corrected chi connectivity index (χ2v) is 7.90. The van der Waals surface area contributed by atoms with Crippen LogP contribution in [0.15, 0.2) is 42.6 Å². The van der Waals surface area contributed by atoms with Gasteiger partial charge < -0.3 is 15.3 Å². The molecule has 1 aromatic heterocycles. The summed E-state index contributed by atoms with van der Waals surface area (Å²) in [6.45, 7) is 3.37. The second kappa shape index (κ2) is 8.32. The van der Waals surface area contributed by atoms with Gasteiger partial charge >= 0.3 is 5.97 Å². The topological polar surface area (TPSA) is 82.5 Å². The van der Waals surface area contributed by atoms with Crippen LogP contribution < -0.4 is 5.32 Å². The summed E-state index contributed by atoms with van der Waals surface area (Å²) in [5.41, 5.74) is 2.19. The molecule has 2 heterocycles. The van der Waals surface area contributed by atoms with Gasteiger partial charge in [0.2, 0.25) is 0 Å². The Morgan fingerprint density at radius 2 is 1.90 bits per heavy atom. The number of hydrogen-bond acceptors (Lipinski definition) is 4. The van der Waals surface area contributed by atoms with Crippen LogP contribution in [0, 0.1) is 6.92 Å². The zero-order chi connectivity index (χ0) is 21.3. The highest BCUT2D eigenvalue weighted by Gasteiger charge is 2.23. The molecule has 1 saturated heterocycles. The Hall–Kier alpha value is -3.12. The molecule has 2 aromatic carbocycles. The lowest BCUT2D eigenvalue weighted by molar-refractivity contribution is 0.0694. The lowest BCUT2D eigenvalue weighted by Crippen LogP contribution is -2.35. The molecule has 154 valence electrons. The first-order valence-corrected chi connectivity index (χ1v) is 10.3. The molecule has 4 rings (SSSR count). The predicted molar refractivity (Wildman–Crippen MR) is 118 cm³/mol. The van der Waals surface area contributed by atoms with Crippen LogP contribution >= 0.6 is 11.6 Å². The van der Waals surface area contributed by atoms with Crippen molar-refractivity contribution in [1.82, 2.24) is 9.88 Å². The van der Waals surface area contributed by atoms with Crippen molar-refractivity contribution in [2.24, 2.45) is 0 Å². The molecule has 1 aliphatic rings. The Balaban J connectivity index is 1.78. The molecule has 0 atom stereocenters. The minimum absolute atomic E-state index is 0.0593. The normalized spacial score (nSPS) is 14.0. The van der Waals surface area contributed by atoms with Gasteiger partial charge in [0.15, 0.2) is 0 Å². The molecular formula is C23H22ClN3O3. The summed E-state index contributed by atoms with van der Waals surface area (Å²) < 4.78 is 0. The van der Waals surface area contributed by atoms with Crippen LogP contribution in [0.5, 0.6) is 0 Å². The molecule has 0 bridgehead atoms. The first-order valence-electron chi connectivity index (χ1n) is 9.93. The minimum atomic E-state index is -0.999. The van der Waals surface area contributed by atoms with Crippen LogP contribution in [0.4, 0.5) is 11.5 Å². The monoisotopic (exact) mass is 423 g/mol. The van der Waals surface area contributed by atoms with Crippen LogP contribution in [0.3, 0.4) is 0 Å². The van der Waals surface area contributed by atoms with Gasteiger partial charge in [0, 0.05) is 40.8 Å². The van der Waals surface area contributed by atoms with Gasteiger partial charge in [-0.2, -0.15) is 0 Å². The molecule has 0 radical (unpaired) electrons. The number of nitrogens with zero attached hydrogens (tertiary/aromatic N) is 2. The van der Waals surface area contributed by atoms with Crippen LogP contribution in [-0.4, -0.2) is 40.0 Å². The quantitative estimate of drug-likeness (QED) is 0.597. The minimum Gasteiger partial charge on any atom is -0.478 e. The highest BCUT2D eigenvalue weighted by Crippen LogP contribution is 2.34. The van der Waals surface area contributed by atoms with Crippen molar-refractivity contribution >= 4 is 45.8 Å². The molecule has 30 heavy (non-hydrogen) atoms. The summed E-state index contributed by atoms with van der Waals surface area (Å²) >= 11 is 6.51. The Labute approximate surface area is 179 Å². The smallest absolute Gasteiger partial charge is 0.335 e. The van der Waals surface area contributed by atoms with Crippen molar-refractivity contribution in [2.75, 3.05) is 18.4 Å². The van der Waals surface area contributed by atoms with Crippen LogP contribution in [-0.2, 0) is 0 Å². The van der Waals surface area contributed by atoms with Crippen molar-refractivity contribution in [3.8, 4) is 0 Å². The Bertz CT molecular complexity index is 1140. The number of aryl methyl sites for hydroxylation is 1. The number of carbonyl (C=O) groups is 2. The third-order valence-electron chi connectivity index (χ3n) is 5.47. The number of hydrogen-bond donors (Lipinski definition) is 2. The van der Waals surface area contributed by atoms with Gasteiger partial charge in [-0.15, -0.1) is 0 Å². The summed E-state index contributed by atoms with van der Waals surface area (Å²) in [6, 6.07) is 10.3. The fourth-order valence-corrected chi connectivity index (χ4v) is 4.08. The molecule has 3 aromatic rings. The number of fused-ring (bicyclic) bond motifs is 1. The molecule has 2 N–H and O–H groups in total. The van der Waals surface area contributed by atoms with E-state index >= 15 is 0 Å². The van der Waals surface area contributed by atoms with Gasteiger partial charge in [0.25, 0.3) is 5.91 Å². The van der Waals surface area contributed by atoms with E-state index < -0.39 is 5.97 Å². The van der Waals surface area contributed by atoms with E-state index in [0.717, 1.165) is 37.9 Å². The number of carboxylic acid groups (broad SMARTS) is 1. The van der Waals surface area contributed by atoms with Gasteiger partial charge in [-0.25, -0.2) is 9.78 Å². The van der Waals surface area contributed by atoms with Crippen molar-refractivity contribution in [1.29, 1.82) is 0 Å². The fourth-order valence-electron chi connectivity index (χ4n) is 3.80. The summed E-state index contributed by atoms with van der Waals surface area (Å²) in [5.74, 6) is -0.536. The van der Waals surface area contributed by atoms with E-state index in [1.807, 2.05) is 24.0 Å². The Kier molecular flexibility index (Phi) is 5.59. The SMILES string of the molecule is Cc1ccc(C(=O)O)cc1Nc1ncc(C(=O)N2CCCCC2)c2c(Cl)cccc12. The van der Waals surface area contributed by atoms with E-state index in [0.29, 0.717) is 32.9 Å². The molecular weight excluding hydrogens is 402 g/mol. The highest BCUT2D eigenvalue weighted by molar-refractivity contribution is 6.37. The van der Waals surface area contributed by atoms with Crippen molar-refractivity contribution < 1.29 is 14.7 Å². The number of carbonyl (C=O) groups excluding carboxylic acids is 1. The average molecular weight is 424 g/mol. The average Bonchev–Trinajstić information content (AvgIpc) is 2.75. The summed E-state index contributed by atoms with van der Waals surface area (Å²) in [6.07, 6.45) is 4.71. The standard InChI is InChI=1S/C23H22ClN3O3/c1-14-8-9-15(23(29)30)12-19(14)26-21-16-6-5-7-18(24)20(16)17(13-25-21)22(28)27-10-3-2-4-11-27/h5-9,12-13H,2-4,10-11H2,1H3,(H,25,26)(H,29,30). The number of benzene rings is 2. The van der Waals surface area contributed by atoms with Crippen molar-refractivity contribution in [2.45, 2.75) is 26.2 Å². The van der Waals surface area contributed by atoms with E-state index in [2.05, 4.69) is 10.3 Å². The molecule has 0 unspecified atom stereocenters. The predicted octanol–water partition coefficient (Wildman–Crippen LogP) is 5.26. The van der Waals surface area contributed by atoms with Crippen LogP contribution in [0.1, 0.15) is 45.5 Å². The number of anilines is 2. The zero-order valence-corrected chi connectivity index (χ0v) is 17.4. The molecule has 1 fully saturated rings. The number of nitrogens with one attached hydrogen (secondary N) is 1. The number of likely N-dealkylation sites (tertiary alicyclic amines) is 1. The van der Waals surface area contributed by atoms with Crippen LogP contribution in [0.25, 0.3) is 10.8 Å². The molecule has 0 spiro atoms. The fraction of sp³-hybridized carbons (Fsp3) is 0.261. The third kappa shape index (κ3) is 3.83. The zero-order valence-electron chi connectivity index (χ0n) is 16.6. The number of aromatic nitrogens is 1. The number of halogens is 1. The number of pyridine rings is 1. The maximum Gasteiger partial charge on any atom is 0.335 e. The number of rotatable bonds is 4. The Morgan fingerprint density at radius 3 is 2.63 bits per heavy atom. The summed E-state index contributed by atoms with van der Waals surface area (Å²) in [7, 11) is 0. The van der Waals surface area contributed by atoms with E-state index in [1.54, 1.807) is 30.5 Å². The van der Waals surface area contributed by atoms with Crippen molar-refractivity contribution in [3.63, 3.8) is 0 Å². The highest BCUT2D eigenvalue weighted by atomic mass is 35.5. The van der Waals surface area contributed by atoms with Gasteiger partial charge in [-0.05, 0) is 49.9 Å². The molecule has 1 amide bonds. The molecule has 0 aliphatic carbocycles. The molecule has 0 saturated carbocycles. The number of amides is 1. The van der Waals surface area contributed by atoms with Gasteiger partial charge in [0.05, 0.1) is 11.1 Å². The van der Waals surface area contributed by atoms with Gasteiger partial charge in [-0.1, -0.05) is 29.8 Å². The van der Waals surface area contributed by atoms with E-state index in [-0.39, 0.29) is 11.5 Å². The molecule has 6 nitrogen and oxygen atoms in total. The molecule has 1 aliphatic heterocycles. The lowest BCUT2D eigenvalue weighted by atomic mass is 10.0. The van der Waals surface area contributed by atoms with E-state index in [1.165, 1.54) is 0 Å². The summed E-state index contributed by atoms with van der Waals surface area (Å²) in [5, 5.41) is 14.4. The van der Waals surface area contributed by atoms with E-state index in [4.69, 9.17) is 11.6 Å². The maximum absolute atomic E-state index is 13.2. The van der Waals surface area contributed by atoms with Gasteiger partial charge in [-0.3, -0.25) is 4.79 Å². The lowest BCUT2D eigenvalue weighted by Gasteiger charge is -2.27. The second-order valence-electron chi connectivity index (χ2n) is 7.50. The maximum atomic E-state index is 13.2. The number of aromatic carboxylic acids is 1. The van der Waals surface area contributed by atoms with Crippen molar-refractivity contribution in [3.05, 3.63) is 64.3 Å². The number of piperidine rings is 1. The number of carboxylic acids is 1. The van der Waals surface area contributed by atoms with Gasteiger partial charge in [0.1, 0.15) is 5.82 Å². The Morgan fingerprint density at radius 1 is 1.13 bits per heavy atom. The first-order chi connectivity index (χ1) is 14.5.